The van der Waals surface area contributed by atoms with E-state index >= 15 is 0 Å². The van der Waals surface area contributed by atoms with Gasteiger partial charge in [-0.05, 0) is 63.0 Å². The first-order chi connectivity index (χ1) is 20.8. The number of ether oxygens (including phenoxy) is 1. The van der Waals surface area contributed by atoms with E-state index in [2.05, 4.69) is 15.2 Å². The van der Waals surface area contributed by atoms with Crippen LogP contribution in [0.25, 0.3) is 5.70 Å². The largest absolute Gasteiger partial charge is 0.416 e. The highest BCUT2D eigenvalue weighted by atomic mass is 19.4. The number of anilines is 4. The highest BCUT2D eigenvalue weighted by molar-refractivity contribution is 6.05. The van der Waals surface area contributed by atoms with Crippen LogP contribution >= 0.6 is 0 Å². The monoisotopic (exact) mass is 612 g/mol. The maximum atomic E-state index is 13.7. The number of carbonyl (C=O) groups excluding carboxylic acids is 1. The summed E-state index contributed by atoms with van der Waals surface area (Å²) in [6, 6.07) is 10.3. The number of halogens is 3. The number of morpholine rings is 1. The molecule has 10 nitrogen and oxygen atoms in total. The van der Waals surface area contributed by atoms with Gasteiger partial charge in [-0.25, -0.2) is 5.84 Å². The van der Waals surface area contributed by atoms with Gasteiger partial charge in [0.25, 0.3) is 5.91 Å². The summed E-state index contributed by atoms with van der Waals surface area (Å²) in [6.45, 7) is 5.74. The summed E-state index contributed by atoms with van der Waals surface area (Å²) in [4.78, 5) is 23.4. The third-order valence-corrected chi connectivity index (χ3v) is 7.29. The zero-order valence-corrected chi connectivity index (χ0v) is 25.4. The van der Waals surface area contributed by atoms with Gasteiger partial charge in [0.2, 0.25) is 0 Å². The molecule has 3 aromatic rings. The zero-order valence-electron chi connectivity index (χ0n) is 25.4. The minimum absolute atomic E-state index is 0.0278. The number of benzene rings is 2. The molecule has 1 amide bonds. The van der Waals surface area contributed by atoms with E-state index in [1.807, 2.05) is 32.0 Å². The molecule has 0 unspecified atom stereocenters. The quantitative estimate of drug-likeness (QED) is 0.230. The van der Waals surface area contributed by atoms with Crippen LogP contribution in [0.5, 0.6) is 0 Å². The second-order valence-electron chi connectivity index (χ2n) is 11.0. The molecule has 13 heteroatoms. The molecule has 1 saturated heterocycles. The summed E-state index contributed by atoms with van der Waals surface area (Å²) in [6.07, 6.45) is 0.358. The molecule has 5 N–H and O–H groups in total. The minimum Gasteiger partial charge on any atom is -0.397 e. The number of hydrazine groups is 1. The molecule has 1 aliphatic heterocycles. The molecule has 1 aromatic heterocycles. The van der Waals surface area contributed by atoms with Crippen molar-refractivity contribution in [2.75, 3.05) is 80.7 Å². The number of alkyl halides is 3. The number of hydrogen-bond acceptors (Lipinski definition) is 9. The Labute approximate surface area is 255 Å². The standard InChI is InChI=1S/C31H39F3N8O2/c1-21-5-6-22(30(43)38-25-15-24(31(32,33)34)16-26(17-25)40(4)8-7-39(2)3)14-29(21)42(36)20-28(35)23-13-27(19-37-18-23)41-9-11-44-12-10-41/h5-6,13-20H,7-12,35-36H2,1-4H3,(H,38,43)/b28-20-. The van der Waals surface area contributed by atoms with E-state index in [1.165, 1.54) is 17.3 Å². The predicted octanol–water partition coefficient (Wildman–Crippen LogP) is 4.13. The molecule has 44 heavy (non-hydrogen) atoms. The number of amides is 1. The van der Waals surface area contributed by atoms with Crippen molar-refractivity contribution in [2.45, 2.75) is 13.1 Å². The number of pyridine rings is 1. The molecule has 2 aromatic carbocycles. The van der Waals surface area contributed by atoms with Crippen LogP contribution in [0.1, 0.15) is 27.0 Å². The lowest BCUT2D eigenvalue weighted by molar-refractivity contribution is -0.137. The van der Waals surface area contributed by atoms with Gasteiger partial charge < -0.3 is 30.5 Å². The molecule has 236 valence electrons. The number of carbonyl (C=O) groups is 1. The summed E-state index contributed by atoms with van der Waals surface area (Å²) in [5, 5.41) is 3.93. The van der Waals surface area contributed by atoms with Gasteiger partial charge >= 0.3 is 6.18 Å². The maximum Gasteiger partial charge on any atom is 0.416 e. The van der Waals surface area contributed by atoms with Crippen LogP contribution in [0.2, 0.25) is 0 Å². The van der Waals surface area contributed by atoms with E-state index in [4.69, 9.17) is 16.3 Å². The Bertz CT molecular complexity index is 1490. The Kier molecular flexibility index (Phi) is 10.3. The topological polar surface area (TPSA) is 116 Å². The Morgan fingerprint density at radius 2 is 1.77 bits per heavy atom. The first-order valence-electron chi connectivity index (χ1n) is 14.1. The summed E-state index contributed by atoms with van der Waals surface area (Å²) >= 11 is 0. The van der Waals surface area contributed by atoms with Crippen LogP contribution in [-0.2, 0) is 10.9 Å². The van der Waals surface area contributed by atoms with E-state index in [0.717, 1.165) is 36.5 Å². The van der Waals surface area contributed by atoms with Gasteiger partial charge in [-0.15, -0.1) is 0 Å². The average Bonchev–Trinajstić information content (AvgIpc) is 2.99. The smallest absolute Gasteiger partial charge is 0.397 e. The van der Waals surface area contributed by atoms with Crippen molar-refractivity contribution in [1.29, 1.82) is 0 Å². The lowest BCUT2D eigenvalue weighted by atomic mass is 10.1. The first-order valence-corrected chi connectivity index (χ1v) is 14.1. The second kappa shape index (κ2) is 14.0. The molecule has 4 rings (SSSR count). The molecule has 1 fully saturated rings. The van der Waals surface area contributed by atoms with Gasteiger partial charge in [0.15, 0.2) is 0 Å². The van der Waals surface area contributed by atoms with Crippen LogP contribution in [0.4, 0.5) is 35.9 Å². The Balaban J connectivity index is 1.55. The fraction of sp³-hybridized carbons (Fsp3) is 0.355. The summed E-state index contributed by atoms with van der Waals surface area (Å²) in [7, 11) is 5.48. The highest BCUT2D eigenvalue weighted by Crippen LogP contribution is 2.34. The van der Waals surface area contributed by atoms with Gasteiger partial charge in [-0.3, -0.25) is 14.8 Å². The van der Waals surface area contributed by atoms with Gasteiger partial charge in [-0.1, -0.05) is 6.07 Å². The fourth-order valence-electron chi connectivity index (χ4n) is 4.65. The third kappa shape index (κ3) is 8.40. The summed E-state index contributed by atoms with van der Waals surface area (Å²) in [5.41, 5.74) is 9.31. The molecule has 1 aliphatic rings. The number of nitrogens with zero attached hydrogens (tertiary/aromatic N) is 5. The Morgan fingerprint density at radius 1 is 1.05 bits per heavy atom. The number of rotatable bonds is 10. The van der Waals surface area contributed by atoms with Crippen molar-refractivity contribution in [1.82, 2.24) is 9.88 Å². The van der Waals surface area contributed by atoms with Crippen molar-refractivity contribution in [3.8, 4) is 0 Å². The number of nitrogens with two attached hydrogens (primary N) is 2. The third-order valence-electron chi connectivity index (χ3n) is 7.29. The number of hydrogen-bond donors (Lipinski definition) is 3. The summed E-state index contributed by atoms with van der Waals surface area (Å²) < 4.78 is 46.6. The van der Waals surface area contributed by atoms with Crippen LogP contribution in [0.3, 0.4) is 0 Å². The normalized spacial score (nSPS) is 14.1. The predicted molar refractivity (Wildman–Crippen MR) is 168 cm³/mol. The SMILES string of the molecule is Cc1ccc(C(=O)Nc2cc(N(C)CCN(C)C)cc(C(F)(F)F)c2)cc1N(N)/C=C(\N)c1cncc(N2CCOCC2)c1. The van der Waals surface area contributed by atoms with Crippen LogP contribution < -0.4 is 31.7 Å². The first kappa shape index (κ1) is 32.6. The maximum absolute atomic E-state index is 13.7. The molecule has 0 spiro atoms. The Hall–Kier alpha value is -4.33. The minimum atomic E-state index is -4.58. The lowest BCUT2D eigenvalue weighted by Gasteiger charge is -2.28. The van der Waals surface area contributed by atoms with E-state index < -0.39 is 17.6 Å². The molecule has 0 bridgehead atoms. The van der Waals surface area contributed by atoms with Crippen LogP contribution in [0.15, 0.2) is 61.1 Å². The van der Waals surface area contributed by atoms with Crippen LogP contribution in [-0.4, -0.2) is 76.3 Å². The summed E-state index contributed by atoms with van der Waals surface area (Å²) in [5.74, 6) is 5.79. The van der Waals surface area contributed by atoms with E-state index in [-0.39, 0.29) is 11.3 Å². The molecular formula is C31H39F3N8O2. The molecule has 0 aliphatic carbocycles. The van der Waals surface area contributed by atoms with Crippen molar-refractivity contribution < 1.29 is 22.7 Å². The number of nitrogens with one attached hydrogen (secondary N) is 1. The zero-order chi connectivity index (χ0) is 32.0. The van der Waals surface area contributed by atoms with Crippen molar-refractivity contribution in [3.63, 3.8) is 0 Å². The molecular weight excluding hydrogens is 573 g/mol. The number of aromatic nitrogens is 1. The lowest BCUT2D eigenvalue weighted by Crippen LogP contribution is -2.36. The van der Waals surface area contributed by atoms with Gasteiger partial charge in [0.1, 0.15) is 0 Å². The van der Waals surface area contributed by atoms with Crippen LogP contribution in [0, 0.1) is 6.92 Å². The number of likely N-dealkylation sites (N-methyl/N-ethyl adjacent to an activating group) is 2. The fourth-order valence-corrected chi connectivity index (χ4v) is 4.65. The van der Waals surface area contributed by atoms with Gasteiger partial charge in [-0.2, -0.15) is 13.2 Å². The van der Waals surface area contributed by atoms with Gasteiger partial charge in [0, 0.05) is 68.1 Å². The van der Waals surface area contributed by atoms with E-state index in [0.29, 0.717) is 48.9 Å². The highest BCUT2D eigenvalue weighted by Gasteiger charge is 2.32. The van der Waals surface area contributed by atoms with Gasteiger partial charge in [0.05, 0.1) is 42.0 Å². The Morgan fingerprint density at radius 3 is 2.45 bits per heavy atom. The average molecular weight is 613 g/mol. The molecule has 0 radical (unpaired) electrons. The van der Waals surface area contributed by atoms with E-state index in [9.17, 15) is 18.0 Å². The van der Waals surface area contributed by atoms with E-state index in [1.54, 1.807) is 42.5 Å². The molecule has 0 atom stereocenters. The second-order valence-corrected chi connectivity index (χ2v) is 11.0. The van der Waals surface area contributed by atoms with Crippen molar-refractivity contribution >= 4 is 34.4 Å². The molecule has 0 saturated carbocycles. The van der Waals surface area contributed by atoms with Crippen molar-refractivity contribution in [3.05, 3.63) is 83.3 Å². The number of aryl methyl sites for hydroxylation is 1. The van der Waals surface area contributed by atoms with Crippen molar-refractivity contribution in [2.24, 2.45) is 11.6 Å². The molecule has 2 heterocycles.